The zero-order valence-electron chi connectivity index (χ0n) is 11.4. The summed E-state index contributed by atoms with van der Waals surface area (Å²) in [5.41, 5.74) is 1.96. The lowest BCUT2D eigenvalue weighted by Gasteiger charge is -2.34. The summed E-state index contributed by atoms with van der Waals surface area (Å²) in [6.45, 7) is 0. The molecule has 108 valence electrons. The standard InChI is InChI=1S/C15H15N3O2S/c19-21(20,12-4-2-1-3-5-12)18-11-6-7-15(18)13-9-16-10-17-14(13)8-11/h1-5,9-11,15H,6-8H2/t11-,15+/m0/s1. The van der Waals surface area contributed by atoms with Gasteiger partial charge < -0.3 is 0 Å². The second kappa shape index (κ2) is 4.61. The number of hydrogen-bond acceptors (Lipinski definition) is 4. The minimum Gasteiger partial charge on any atom is -0.244 e. The van der Waals surface area contributed by atoms with Crippen molar-refractivity contribution in [2.75, 3.05) is 0 Å². The quantitative estimate of drug-likeness (QED) is 0.850. The molecule has 0 spiro atoms. The zero-order valence-corrected chi connectivity index (χ0v) is 12.2. The first-order valence-corrected chi connectivity index (χ1v) is 8.49. The zero-order chi connectivity index (χ0) is 14.4. The topological polar surface area (TPSA) is 63.2 Å². The third-order valence-corrected chi connectivity index (χ3v) is 6.35. The summed E-state index contributed by atoms with van der Waals surface area (Å²) in [5.74, 6) is 0. The highest BCUT2D eigenvalue weighted by molar-refractivity contribution is 7.89. The third kappa shape index (κ3) is 1.90. The molecule has 21 heavy (non-hydrogen) atoms. The Balaban J connectivity index is 1.81. The van der Waals surface area contributed by atoms with Crippen LogP contribution in [0.15, 0.2) is 47.8 Å². The van der Waals surface area contributed by atoms with E-state index in [1.54, 1.807) is 41.1 Å². The van der Waals surface area contributed by atoms with Crippen LogP contribution in [0.2, 0.25) is 0 Å². The molecule has 2 atom stereocenters. The van der Waals surface area contributed by atoms with Crippen LogP contribution in [0, 0.1) is 0 Å². The lowest BCUT2D eigenvalue weighted by atomic mass is 10.0. The molecule has 1 aromatic heterocycles. The van der Waals surface area contributed by atoms with Crippen molar-refractivity contribution in [3.8, 4) is 0 Å². The van der Waals surface area contributed by atoms with Gasteiger partial charge in [0.2, 0.25) is 10.0 Å². The van der Waals surface area contributed by atoms with Crippen LogP contribution in [0.1, 0.15) is 30.1 Å². The summed E-state index contributed by atoms with van der Waals surface area (Å²) in [6.07, 6.45) is 5.71. The maximum absolute atomic E-state index is 12.9. The largest absolute Gasteiger partial charge is 0.244 e. The van der Waals surface area contributed by atoms with Crippen molar-refractivity contribution in [3.05, 3.63) is 54.1 Å². The Morgan fingerprint density at radius 1 is 1.14 bits per heavy atom. The molecule has 0 aliphatic carbocycles. The fourth-order valence-corrected chi connectivity index (χ4v) is 5.33. The third-order valence-electron chi connectivity index (χ3n) is 4.37. The smallest absolute Gasteiger partial charge is 0.243 e. The Morgan fingerprint density at radius 2 is 1.95 bits per heavy atom. The molecule has 2 aromatic rings. The summed E-state index contributed by atoms with van der Waals surface area (Å²) < 4.78 is 27.6. The Kier molecular flexibility index (Phi) is 2.83. The first-order valence-electron chi connectivity index (χ1n) is 7.05. The van der Waals surface area contributed by atoms with E-state index in [2.05, 4.69) is 9.97 Å². The van der Waals surface area contributed by atoms with Gasteiger partial charge in [0.15, 0.2) is 0 Å². The van der Waals surface area contributed by atoms with Crippen LogP contribution in [0.3, 0.4) is 0 Å². The second-order valence-electron chi connectivity index (χ2n) is 5.52. The van der Waals surface area contributed by atoms with E-state index in [0.29, 0.717) is 11.3 Å². The van der Waals surface area contributed by atoms with Gasteiger partial charge in [-0.15, -0.1) is 0 Å². The van der Waals surface area contributed by atoms with Gasteiger partial charge >= 0.3 is 0 Å². The lowest BCUT2D eigenvalue weighted by molar-refractivity contribution is 0.300. The van der Waals surface area contributed by atoms with Crippen LogP contribution in [0.4, 0.5) is 0 Å². The van der Waals surface area contributed by atoms with E-state index in [1.165, 1.54) is 0 Å². The number of aromatic nitrogens is 2. The van der Waals surface area contributed by atoms with Crippen molar-refractivity contribution >= 4 is 10.0 Å². The van der Waals surface area contributed by atoms with Gasteiger partial charge in [-0.2, -0.15) is 4.31 Å². The van der Waals surface area contributed by atoms with Crippen molar-refractivity contribution in [2.45, 2.75) is 36.2 Å². The van der Waals surface area contributed by atoms with E-state index < -0.39 is 10.0 Å². The molecule has 3 heterocycles. The fourth-order valence-electron chi connectivity index (χ4n) is 3.46. The number of hydrogen-bond donors (Lipinski definition) is 0. The normalized spacial score (nSPS) is 24.8. The van der Waals surface area contributed by atoms with Crippen molar-refractivity contribution in [1.82, 2.24) is 14.3 Å². The molecule has 1 aromatic carbocycles. The minimum atomic E-state index is -3.46. The predicted octanol–water partition coefficient (Wildman–Crippen LogP) is 1.93. The molecule has 0 unspecified atom stereocenters. The van der Waals surface area contributed by atoms with Crippen molar-refractivity contribution in [1.29, 1.82) is 0 Å². The number of nitrogens with zero attached hydrogens (tertiary/aromatic N) is 3. The van der Waals surface area contributed by atoms with Gasteiger partial charge in [-0.3, -0.25) is 0 Å². The molecule has 0 saturated carbocycles. The lowest BCUT2D eigenvalue weighted by Crippen LogP contribution is -2.42. The van der Waals surface area contributed by atoms with Crippen molar-refractivity contribution in [3.63, 3.8) is 0 Å². The van der Waals surface area contributed by atoms with Crippen LogP contribution in [-0.4, -0.2) is 28.7 Å². The second-order valence-corrected chi connectivity index (χ2v) is 7.37. The Morgan fingerprint density at radius 3 is 2.76 bits per heavy atom. The molecule has 4 rings (SSSR count). The highest BCUT2D eigenvalue weighted by Crippen LogP contribution is 2.45. The average Bonchev–Trinajstić information content (AvgIpc) is 2.85. The first-order chi connectivity index (χ1) is 10.2. The number of sulfonamides is 1. The summed E-state index contributed by atoms with van der Waals surface area (Å²) in [6, 6.07) is 8.56. The monoisotopic (exact) mass is 301 g/mol. The highest BCUT2D eigenvalue weighted by atomic mass is 32.2. The SMILES string of the molecule is O=S(=O)(c1ccccc1)N1[C@H]2CC[C@@H]1c1cncnc1C2. The molecule has 2 bridgehead atoms. The molecule has 2 aliphatic rings. The van der Waals surface area contributed by atoms with Crippen LogP contribution < -0.4 is 0 Å². The average molecular weight is 301 g/mol. The summed E-state index contributed by atoms with van der Waals surface area (Å²) >= 11 is 0. The van der Waals surface area contributed by atoms with E-state index in [9.17, 15) is 8.42 Å². The van der Waals surface area contributed by atoms with Gasteiger partial charge in [-0.05, 0) is 25.0 Å². The van der Waals surface area contributed by atoms with E-state index in [4.69, 9.17) is 0 Å². The maximum atomic E-state index is 12.9. The molecule has 0 amide bonds. The predicted molar refractivity (Wildman–Crippen MR) is 77.0 cm³/mol. The molecular weight excluding hydrogens is 286 g/mol. The maximum Gasteiger partial charge on any atom is 0.243 e. The molecule has 5 nitrogen and oxygen atoms in total. The van der Waals surface area contributed by atoms with Crippen LogP contribution >= 0.6 is 0 Å². The summed E-state index contributed by atoms with van der Waals surface area (Å²) in [5, 5.41) is 0. The van der Waals surface area contributed by atoms with Gasteiger partial charge in [0.1, 0.15) is 6.33 Å². The molecule has 0 N–H and O–H groups in total. The number of fused-ring (bicyclic) bond motifs is 4. The van der Waals surface area contributed by atoms with Crippen LogP contribution in [0.25, 0.3) is 0 Å². The highest BCUT2D eigenvalue weighted by Gasteiger charge is 2.47. The van der Waals surface area contributed by atoms with E-state index in [-0.39, 0.29) is 12.1 Å². The van der Waals surface area contributed by atoms with E-state index in [0.717, 1.165) is 24.1 Å². The van der Waals surface area contributed by atoms with Crippen molar-refractivity contribution in [2.24, 2.45) is 0 Å². The van der Waals surface area contributed by atoms with Crippen LogP contribution in [0.5, 0.6) is 0 Å². The summed E-state index contributed by atoms with van der Waals surface area (Å²) in [4.78, 5) is 8.75. The van der Waals surface area contributed by atoms with Gasteiger partial charge in [-0.1, -0.05) is 18.2 Å². The molecular formula is C15H15N3O2S. The molecule has 6 heteroatoms. The number of rotatable bonds is 2. The van der Waals surface area contributed by atoms with E-state index in [1.807, 2.05) is 6.07 Å². The van der Waals surface area contributed by atoms with Gasteiger partial charge in [-0.25, -0.2) is 18.4 Å². The summed E-state index contributed by atoms with van der Waals surface area (Å²) in [7, 11) is -3.46. The minimum absolute atomic E-state index is 0.0163. The Labute approximate surface area is 123 Å². The number of benzene rings is 1. The van der Waals surface area contributed by atoms with Gasteiger partial charge in [0.25, 0.3) is 0 Å². The Bertz CT molecular complexity index is 777. The first kappa shape index (κ1) is 12.9. The molecule has 1 saturated heterocycles. The Hall–Kier alpha value is -1.79. The molecule has 2 aliphatic heterocycles. The molecule has 0 radical (unpaired) electrons. The fraction of sp³-hybridized carbons (Fsp3) is 0.333. The van der Waals surface area contributed by atoms with E-state index >= 15 is 0 Å². The van der Waals surface area contributed by atoms with Gasteiger partial charge in [0, 0.05) is 24.2 Å². The van der Waals surface area contributed by atoms with Crippen LogP contribution in [-0.2, 0) is 16.4 Å². The van der Waals surface area contributed by atoms with Gasteiger partial charge in [0.05, 0.1) is 16.6 Å². The van der Waals surface area contributed by atoms with Crippen molar-refractivity contribution < 1.29 is 8.42 Å². The molecule has 1 fully saturated rings.